The van der Waals surface area contributed by atoms with Crippen LogP contribution in [0.25, 0.3) is 10.9 Å². The first-order valence-electron chi connectivity index (χ1n) is 7.03. The number of esters is 1. The Morgan fingerprint density at radius 2 is 2.24 bits per heavy atom. The number of fused-ring (bicyclic) bond motifs is 1. The Labute approximate surface area is 124 Å². The van der Waals surface area contributed by atoms with Crippen molar-refractivity contribution in [2.75, 3.05) is 20.3 Å². The number of aromatic nitrogens is 1. The van der Waals surface area contributed by atoms with Gasteiger partial charge in [-0.15, -0.1) is 0 Å². The summed E-state index contributed by atoms with van der Waals surface area (Å²) < 4.78 is 10.5. The van der Waals surface area contributed by atoms with Gasteiger partial charge >= 0.3 is 5.97 Å². The lowest BCUT2D eigenvalue weighted by molar-refractivity contribution is -0.143. The standard InChI is InChI=1S/C16H20N2O3/c1-3-17-14(16(19)20-2)8-10-21-13-7-6-12-5-4-9-18-15(12)11-13/h4-7,9,11,14,17H,3,8,10H2,1-2H3. The molecule has 0 saturated carbocycles. The largest absolute Gasteiger partial charge is 0.493 e. The van der Waals surface area contributed by atoms with E-state index in [-0.39, 0.29) is 12.0 Å². The zero-order valence-electron chi connectivity index (χ0n) is 12.3. The number of carbonyl (C=O) groups excluding carboxylic acids is 1. The highest BCUT2D eigenvalue weighted by molar-refractivity contribution is 5.79. The summed E-state index contributed by atoms with van der Waals surface area (Å²) in [6.07, 6.45) is 2.31. The Balaban J connectivity index is 1.93. The molecule has 21 heavy (non-hydrogen) atoms. The van der Waals surface area contributed by atoms with Gasteiger partial charge in [-0.05, 0) is 24.7 Å². The fraction of sp³-hybridized carbons (Fsp3) is 0.375. The van der Waals surface area contributed by atoms with Gasteiger partial charge in [0.2, 0.25) is 0 Å². The number of hydrogen-bond acceptors (Lipinski definition) is 5. The molecule has 1 atom stereocenters. The lowest BCUT2D eigenvalue weighted by Gasteiger charge is -2.15. The summed E-state index contributed by atoms with van der Waals surface area (Å²) in [4.78, 5) is 15.9. The van der Waals surface area contributed by atoms with Crippen molar-refractivity contribution in [2.24, 2.45) is 0 Å². The molecule has 0 fully saturated rings. The molecule has 1 heterocycles. The zero-order chi connectivity index (χ0) is 15.1. The Hall–Kier alpha value is -2.14. The maximum Gasteiger partial charge on any atom is 0.322 e. The molecule has 0 amide bonds. The van der Waals surface area contributed by atoms with Crippen molar-refractivity contribution < 1.29 is 14.3 Å². The molecular weight excluding hydrogens is 268 g/mol. The van der Waals surface area contributed by atoms with Crippen molar-refractivity contribution in [3.63, 3.8) is 0 Å². The second-order valence-corrected chi connectivity index (χ2v) is 4.63. The molecule has 0 aliphatic carbocycles. The van der Waals surface area contributed by atoms with Crippen molar-refractivity contribution in [3.05, 3.63) is 36.5 Å². The summed E-state index contributed by atoms with van der Waals surface area (Å²) in [7, 11) is 1.39. The first-order valence-corrected chi connectivity index (χ1v) is 7.03. The van der Waals surface area contributed by atoms with E-state index >= 15 is 0 Å². The van der Waals surface area contributed by atoms with Gasteiger partial charge in [-0.1, -0.05) is 13.0 Å². The molecule has 0 saturated heterocycles. The van der Waals surface area contributed by atoms with Gasteiger partial charge in [0.1, 0.15) is 11.8 Å². The van der Waals surface area contributed by atoms with Crippen LogP contribution < -0.4 is 10.1 Å². The van der Waals surface area contributed by atoms with Crippen LogP contribution >= 0.6 is 0 Å². The van der Waals surface area contributed by atoms with E-state index in [0.717, 1.165) is 16.7 Å². The van der Waals surface area contributed by atoms with Crippen LogP contribution in [0.15, 0.2) is 36.5 Å². The van der Waals surface area contributed by atoms with Gasteiger partial charge in [-0.2, -0.15) is 0 Å². The van der Waals surface area contributed by atoms with Gasteiger partial charge in [0, 0.05) is 24.1 Å². The maximum atomic E-state index is 11.6. The van der Waals surface area contributed by atoms with Gasteiger partial charge in [-0.3, -0.25) is 9.78 Å². The fourth-order valence-electron chi connectivity index (χ4n) is 2.12. The van der Waals surface area contributed by atoms with E-state index in [4.69, 9.17) is 9.47 Å². The number of nitrogens with zero attached hydrogens (tertiary/aromatic N) is 1. The molecule has 0 radical (unpaired) electrons. The Kier molecular flexibility index (Phi) is 5.51. The molecule has 0 spiro atoms. The summed E-state index contributed by atoms with van der Waals surface area (Å²) in [5.41, 5.74) is 0.895. The summed E-state index contributed by atoms with van der Waals surface area (Å²) in [5.74, 6) is 0.488. The molecule has 5 nitrogen and oxygen atoms in total. The average Bonchev–Trinajstić information content (AvgIpc) is 2.53. The SMILES string of the molecule is CCNC(CCOc1ccc2cccnc2c1)C(=O)OC. The number of carbonyl (C=O) groups is 1. The normalized spacial score (nSPS) is 12.1. The zero-order valence-corrected chi connectivity index (χ0v) is 12.3. The lowest BCUT2D eigenvalue weighted by atomic mass is 10.2. The third-order valence-electron chi connectivity index (χ3n) is 3.19. The van der Waals surface area contributed by atoms with Gasteiger partial charge < -0.3 is 14.8 Å². The molecule has 5 heteroatoms. The third-order valence-corrected chi connectivity index (χ3v) is 3.19. The van der Waals surface area contributed by atoms with E-state index in [1.165, 1.54) is 7.11 Å². The lowest BCUT2D eigenvalue weighted by Crippen LogP contribution is -2.38. The van der Waals surface area contributed by atoms with Gasteiger partial charge in [-0.25, -0.2) is 0 Å². The number of hydrogen-bond donors (Lipinski definition) is 1. The summed E-state index contributed by atoms with van der Waals surface area (Å²) >= 11 is 0. The van der Waals surface area contributed by atoms with Crippen LogP contribution in [-0.2, 0) is 9.53 Å². The number of ether oxygens (including phenoxy) is 2. The molecule has 0 aliphatic heterocycles. The van der Waals surface area contributed by atoms with E-state index in [1.54, 1.807) is 6.20 Å². The van der Waals surface area contributed by atoms with E-state index in [2.05, 4.69) is 10.3 Å². The molecular formula is C16H20N2O3. The summed E-state index contributed by atoms with van der Waals surface area (Å²) in [6, 6.07) is 9.35. The molecule has 1 aromatic carbocycles. The van der Waals surface area contributed by atoms with Gasteiger partial charge in [0.15, 0.2) is 0 Å². The number of pyridine rings is 1. The molecule has 2 aromatic rings. The molecule has 0 bridgehead atoms. The number of nitrogens with one attached hydrogen (secondary N) is 1. The molecule has 2 rings (SSSR count). The Bertz CT molecular complexity index is 601. The Morgan fingerprint density at radius 1 is 1.38 bits per heavy atom. The van der Waals surface area contributed by atoms with E-state index < -0.39 is 0 Å². The number of rotatable bonds is 7. The second kappa shape index (κ2) is 7.59. The number of methoxy groups -OCH3 is 1. The van der Waals surface area contributed by atoms with Gasteiger partial charge in [0.05, 0.1) is 19.2 Å². The smallest absolute Gasteiger partial charge is 0.322 e. The van der Waals surface area contributed by atoms with Crippen molar-refractivity contribution in [1.82, 2.24) is 10.3 Å². The predicted molar refractivity (Wildman–Crippen MR) is 81.3 cm³/mol. The van der Waals surface area contributed by atoms with Crippen LogP contribution in [0.1, 0.15) is 13.3 Å². The van der Waals surface area contributed by atoms with Crippen LogP contribution in [0.2, 0.25) is 0 Å². The fourth-order valence-corrected chi connectivity index (χ4v) is 2.12. The number of benzene rings is 1. The maximum absolute atomic E-state index is 11.6. The third kappa shape index (κ3) is 4.16. The topological polar surface area (TPSA) is 60.5 Å². The molecule has 112 valence electrons. The average molecular weight is 288 g/mol. The minimum Gasteiger partial charge on any atom is -0.493 e. The molecule has 0 aliphatic rings. The highest BCUT2D eigenvalue weighted by Gasteiger charge is 2.17. The van der Waals surface area contributed by atoms with E-state index in [0.29, 0.717) is 19.6 Å². The van der Waals surface area contributed by atoms with Crippen LogP contribution in [0, 0.1) is 0 Å². The summed E-state index contributed by atoms with van der Waals surface area (Å²) in [5, 5.41) is 4.16. The minimum atomic E-state index is -0.335. The van der Waals surface area contributed by atoms with Crippen molar-refractivity contribution >= 4 is 16.9 Å². The molecule has 1 unspecified atom stereocenters. The minimum absolute atomic E-state index is 0.263. The first-order chi connectivity index (χ1) is 10.2. The highest BCUT2D eigenvalue weighted by atomic mass is 16.5. The first kappa shape index (κ1) is 15.3. The monoisotopic (exact) mass is 288 g/mol. The molecule has 1 N–H and O–H groups in total. The Morgan fingerprint density at radius 3 is 3.00 bits per heavy atom. The van der Waals surface area contributed by atoms with E-state index in [9.17, 15) is 4.79 Å². The predicted octanol–water partition coefficient (Wildman–Crippen LogP) is 2.15. The van der Waals surface area contributed by atoms with Crippen LogP contribution in [0.4, 0.5) is 0 Å². The number of likely N-dealkylation sites (N-methyl/N-ethyl adjacent to an activating group) is 1. The van der Waals surface area contributed by atoms with Gasteiger partial charge in [0.25, 0.3) is 0 Å². The second-order valence-electron chi connectivity index (χ2n) is 4.63. The van der Waals surface area contributed by atoms with Crippen molar-refractivity contribution in [1.29, 1.82) is 0 Å². The summed E-state index contributed by atoms with van der Waals surface area (Å²) in [6.45, 7) is 3.09. The van der Waals surface area contributed by atoms with Crippen LogP contribution in [-0.4, -0.2) is 37.3 Å². The van der Waals surface area contributed by atoms with Crippen molar-refractivity contribution in [2.45, 2.75) is 19.4 Å². The van der Waals surface area contributed by atoms with Crippen molar-refractivity contribution in [3.8, 4) is 5.75 Å². The quantitative estimate of drug-likeness (QED) is 0.791. The molecule has 1 aromatic heterocycles. The van der Waals surface area contributed by atoms with Crippen LogP contribution in [0.5, 0.6) is 5.75 Å². The highest BCUT2D eigenvalue weighted by Crippen LogP contribution is 2.18. The van der Waals surface area contributed by atoms with Crippen LogP contribution in [0.3, 0.4) is 0 Å². The van der Waals surface area contributed by atoms with E-state index in [1.807, 2.05) is 37.3 Å².